The van der Waals surface area contributed by atoms with Crippen LogP contribution < -0.4 is 0 Å². The second-order valence-corrected chi connectivity index (χ2v) is 5.39. The Balaban J connectivity index is 1.76. The van der Waals surface area contributed by atoms with Gasteiger partial charge in [-0.05, 0) is 19.3 Å². The first-order valence-electron chi connectivity index (χ1n) is 6.54. The number of ether oxygens (including phenoxy) is 1. The summed E-state index contributed by atoms with van der Waals surface area (Å²) in [6, 6.07) is 0. The summed E-state index contributed by atoms with van der Waals surface area (Å²) in [4.78, 5) is 1.97. The minimum absolute atomic E-state index is 0.214. The van der Waals surface area contributed by atoms with Crippen LogP contribution in [0.1, 0.15) is 32.1 Å². The fourth-order valence-corrected chi connectivity index (χ4v) is 3.13. The standard InChI is InChI=1S/C12H20F3NO2/c13-12(14,15)18-8-7-16-6-5-11(17)4-2-1-3-10(11)9-16/h10,17H,1-9H2. The van der Waals surface area contributed by atoms with Gasteiger partial charge >= 0.3 is 6.36 Å². The molecule has 6 heteroatoms. The molecule has 2 atom stereocenters. The monoisotopic (exact) mass is 267 g/mol. The van der Waals surface area contributed by atoms with E-state index >= 15 is 0 Å². The van der Waals surface area contributed by atoms with Gasteiger partial charge in [-0.15, -0.1) is 13.2 Å². The van der Waals surface area contributed by atoms with Crippen LogP contribution in [0, 0.1) is 5.92 Å². The molecular weight excluding hydrogens is 247 g/mol. The van der Waals surface area contributed by atoms with Gasteiger partial charge in [-0.25, -0.2) is 0 Å². The summed E-state index contributed by atoms with van der Waals surface area (Å²) >= 11 is 0. The van der Waals surface area contributed by atoms with Gasteiger partial charge in [-0.3, -0.25) is 4.74 Å². The summed E-state index contributed by atoms with van der Waals surface area (Å²) in [5, 5.41) is 10.4. The van der Waals surface area contributed by atoms with E-state index in [2.05, 4.69) is 4.74 Å². The molecule has 0 spiro atoms. The third-order valence-electron chi connectivity index (χ3n) is 4.18. The van der Waals surface area contributed by atoms with Crippen LogP contribution in [0.15, 0.2) is 0 Å². The lowest BCUT2D eigenvalue weighted by Crippen LogP contribution is -2.53. The Morgan fingerprint density at radius 2 is 2.06 bits per heavy atom. The van der Waals surface area contributed by atoms with Crippen LogP contribution in [0.5, 0.6) is 0 Å². The third kappa shape index (κ3) is 3.59. The molecule has 1 N–H and O–H groups in total. The largest absolute Gasteiger partial charge is 0.522 e. The van der Waals surface area contributed by atoms with Crippen molar-refractivity contribution in [3.63, 3.8) is 0 Å². The fraction of sp³-hybridized carbons (Fsp3) is 1.00. The van der Waals surface area contributed by atoms with Crippen molar-refractivity contribution >= 4 is 0 Å². The Bertz CT molecular complexity index is 285. The number of aliphatic hydroxyl groups is 1. The number of alkyl halides is 3. The SMILES string of the molecule is OC12CCCCC1CN(CCOC(F)(F)F)CC2. The first-order valence-corrected chi connectivity index (χ1v) is 6.54. The van der Waals surface area contributed by atoms with Crippen LogP contribution in [0.3, 0.4) is 0 Å². The van der Waals surface area contributed by atoms with E-state index < -0.39 is 12.0 Å². The molecule has 3 nitrogen and oxygen atoms in total. The van der Waals surface area contributed by atoms with E-state index in [4.69, 9.17) is 0 Å². The molecule has 0 aromatic heterocycles. The molecule has 106 valence electrons. The first-order chi connectivity index (χ1) is 8.39. The van der Waals surface area contributed by atoms with E-state index in [9.17, 15) is 18.3 Å². The average Bonchev–Trinajstić information content (AvgIpc) is 2.27. The molecule has 1 aliphatic heterocycles. The van der Waals surface area contributed by atoms with E-state index in [1.54, 1.807) is 0 Å². The number of likely N-dealkylation sites (tertiary alicyclic amines) is 1. The van der Waals surface area contributed by atoms with Crippen LogP contribution >= 0.6 is 0 Å². The Hall–Kier alpha value is -0.330. The lowest BCUT2D eigenvalue weighted by molar-refractivity contribution is -0.325. The second kappa shape index (κ2) is 5.35. The van der Waals surface area contributed by atoms with Gasteiger partial charge in [-0.1, -0.05) is 12.8 Å². The van der Waals surface area contributed by atoms with Gasteiger partial charge in [0, 0.05) is 25.6 Å². The molecule has 2 unspecified atom stereocenters. The number of hydrogen-bond acceptors (Lipinski definition) is 3. The molecule has 0 bridgehead atoms. The Morgan fingerprint density at radius 1 is 1.28 bits per heavy atom. The smallest absolute Gasteiger partial charge is 0.390 e. The molecule has 2 aliphatic rings. The molecule has 18 heavy (non-hydrogen) atoms. The number of nitrogens with zero attached hydrogens (tertiary/aromatic N) is 1. The molecule has 1 saturated carbocycles. The van der Waals surface area contributed by atoms with Crippen LogP contribution in [0.25, 0.3) is 0 Å². The number of hydrogen-bond donors (Lipinski definition) is 1. The van der Waals surface area contributed by atoms with E-state index in [1.807, 2.05) is 4.90 Å². The van der Waals surface area contributed by atoms with Gasteiger partial charge in [0.15, 0.2) is 0 Å². The maximum Gasteiger partial charge on any atom is 0.522 e. The highest BCUT2D eigenvalue weighted by Crippen LogP contribution is 2.39. The maximum atomic E-state index is 11.9. The van der Waals surface area contributed by atoms with Crippen LogP contribution in [-0.4, -0.2) is 48.2 Å². The fourth-order valence-electron chi connectivity index (χ4n) is 3.13. The van der Waals surface area contributed by atoms with Gasteiger partial charge in [0.1, 0.15) is 0 Å². The van der Waals surface area contributed by atoms with Crippen molar-refractivity contribution in [2.24, 2.45) is 5.92 Å². The predicted octanol–water partition coefficient (Wildman–Crippen LogP) is 2.15. The molecule has 0 aromatic carbocycles. The third-order valence-corrected chi connectivity index (χ3v) is 4.18. The topological polar surface area (TPSA) is 32.7 Å². The predicted molar refractivity (Wildman–Crippen MR) is 60.0 cm³/mol. The zero-order valence-electron chi connectivity index (χ0n) is 10.4. The van der Waals surface area contributed by atoms with Crippen molar-refractivity contribution in [2.45, 2.75) is 44.1 Å². The van der Waals surface area contributed by atoms with Crippen molar-refractivity contribution in [1.82, 2.24) is 4.90 Å². The lowest BCUT2D eigenvalue weighted by Gasteiger charge is -2.47. The molecule has 0 radical (unpaired) electrons. The maximum absolute atomic E-state index is 11.9. The Kier molecular flexibility index (Phi) is 4.18. The quantitative estimate of drug-likeness (QED) is 0.850. The van der Waals surface area contributed by atoms with E-state index in [1.165, 1.54) is 0 Å². The molecule has 1 aliphatic carbocycles. The van der Waals surface area contributed by atoms with E-state index in [0.29, 0.717) is 19.5 Å². The first kappa shape index (κ1) is 14.1. The zero-order valence-corrected chi connectivity index (χ0v) is 10.4. The summed E-state index contributed by atoms with van der Waals surface area (Å²) in [5.41, 5.74) is -0.570. The molecular formula is C12H20F3NO2. The van der Waals surface area contributed by atoms with Crippen LogP contribution in [0.2, 0.25) is 0 Å². The summed E-state index contributed by atoms with van der Waals surface area (Å²) in [5.74, 6) is 0.214. The highest BCUT2D eigenvalue weighted by atomic mass is 19.4. The highest BCUT2D eigenvalue weighted by molar-refractivity contribution is 4.95. The summed E-state index contributed by atoms with van der Waals surface area (Å²) in [6.45, 7) is 1.31. The van der Waals surface area contributed by atoms with Gasteiger partial charge in [0.05, 0.1) is 12.2 Å². The molecule has 2 fully saturated rings. The van der Waals surface area contributed by atoms with Gasteiger partial charge in [0.2, 0.25) is 0 Å². The van der Waals surface area contributed by atoms with Crippen molar-refractivity contribution in [1.29, 1.82) is 0 Å². The van der Waals surface area contributed by atoms with E-state index in [0.717, 1.165) is 25.7 Å². The van der Waals surface area contributed by atoms with Crippen LogP contribution in [0.4, 0.5) is 13.2 Å². The lowest BCUT2D eigenvalue weighted by atomic mass is 9.71. The molecule has 0 amide bonds. The number of fused-ring (bicyclic) bond motifs is 1. The van der Waals surface area contributed by atoms with Gasteiger partial charge < -0.3 is 10.0 Å². The minimum atomic E-state index is -4.54. The van der Waals surface area contributed by atoms with Gasteiger partial charge in [-0.2, -0.15) is 0 Å². The summed E-state index contributed by atoms with van der Waals surface area (Å²) < 4.78 is 39.4. The van der Waals surface area contributed by atoms with Crippen molar-refractivity contribution in [3.05, 3.63) is 0 Å². The Labute approximate surface area is 105 Å². The number of halogens is 3. The van der Waals surface area contributed by atoms with E-state index in [-0.39, 0.29) is 19.1 Å². The summed E-state index contributed by atoms with van der Waals surface area (Å²) in [6.07, 6.45) is 0.118. The molecule has 2 rings (SSSR count). The van der Waals surface area contributed by atoms with Crippen molar-refractivity contribution < 1.29 is 23.0 Å². The average molecular weight is 267 g/mol. The van der Waals surface area contributed by atoms with Gasteiger partial charge in [0.25, 0.3) is 0 Å². The van der Waals surface area contributed by atoms with Crippen LogP contribution in [-0.2, 0) is 4.74 Å². The van der Waals surface area contributed by atoms with Crippen molar-refractivity contribution in [3.8, 4) is 0 Å². The second-order valence-electron chi connectivity index (χ2n) is 5.39. The van der Waals surface area contributed by atoms with Crippen molar-refractivity contribution in [2.75, 3.05) is 26.2 Å². The Morgan fingerprint density at radius 3 is 2.78 bits per heavy atom. The zero-order chi connectivity index (χ0) is 13.2. The molecule has 1 saturated heterocycles. The molecule has 1 heterocycles. The number of rotatable bonds is 3. The molecule has 0 aromatic rings. The highest BCUT2D eigenvalue weighted by Gasteiger charge is 2.42. The normalized spacial score (nSPS) is 34.3. The minimum Gasteiger partial charge on any atom is -0.390 e. The number of piperidine rings is 1. The summed E-state index contributed by atoms with van der Waals surface area (Å²) in [7, 11) is 0.